The molecule has 0 heterocycles. The van der Waals surface area contributed by atoms with Gasteiger partial charge in [0.2, 0.25) is 0 Å². The van der Waals surface area contributed by atoms with E-state index in [1.54, 1.807) is 0 Å². The summed E-state index contributed by atoms with van der Waals surface area (Å²) in [5.41, 5.74) is 24.4. The van der Waals surface area contributed by atoms with Gasteiger partial charge in [0.1, 0.15) is 0 Å². The van der Waals surface area contributed by atoms with E-state index in [2.05, 4.69) is 283 Å². The first-order chi connectivity index (χ1) is 32.4. The first-order valence-corrected chi connectivity index (χ1v) is 22.9. The fourth-order valence-corrected chi connectivity index (χ4v) is 8.90. The van der Waals surface area contributed by atoms with Crippen LogP contribution in [0.15, 0.2) is 218 Å². The van der Waals surface area contributed by atoms with E-state index >= 15 is 0 Å². The molecule has 9 aromatic rings. The molecule has 0 aromatic heterocycles. The van der Waals surface area contributed by atoms with Gasteiger partial charge in [0, 0.05) is 0 Å². The van der Waals surface area contributed by atoms with Crippen LogP contribution in [0.3, 0.4) is 0 Å². The fourth-order valence-electron chi connectivity index (χ4n) is 8.90. The van der Waals surface area contributed by atoms with Crippen LogP contribution < -0.4 is 0 Å². The molecule has 0 spiro atoms. The Kier molecular flexibility index (Phi) is 13.2. The Morgan fingerprint density at radius 2 is 0.606 bits per heavy atom. The lowest BCUT2D eigenvalue weighted by molar-refractivity contribution is 1.38. The Hall–Kier alpha value is -8.06. The highest BCUT2D eigenvalue weighted by Gasteiger charge is 2.14. The molecular formula is C66H54. The van der Waals surface area contributed by atoms with Crippen LogP contribution in [-0.2, 0) is 0 Å². The minimum Gasteiger partial charge on any atom is -0.0622 e. The molecule has 0 nitrogen and oxygen atoms in total. The number of rotatable bonds is 12. The third-order valence-corrected chi connectivity index (χ3v) is 12.5. The van der Waals surface area contributed by atoms with E-state index in [0.29, 0.717) is 0 Å². The molecule has 0 heteroatoms. The number of hydrogen-bond acceptors (Lipinski definition) is 0. The Morgan fingerprint density at radius 1 is 0.273 bits per heavy atom. The summed E-state index contributed by atoms with van der Waals surface area (Å²) in [7, 11) is 0. The van der Waals surface area contributed by atoms with Crippen molar-refractivity contribution in [1.82, 2.24) is 0 Å². The van der Waals surface area contributed by atoms with Gasteiger partial charge < -0.3 is 0 Å². The average Bonchev–Trinajstić information content (AvgIpc) is 3.36. The van der Waals surface area contributed by atoms with Crippen LogP contribution in [0, 0.1) is 27.7 Å². The molecule has 0 bridgehead atoms. The summed E-state index contributed by atoms with van der Waals surface area (Å²) >= 11 is 0. The zero-order valence-electron chi connectivity index (χ0n) is 38.2. The van der Waals surface area contributed by atoms with Crippen molar-refractivity contribution >= 4 is 47.6 Å². The van der Waals surface area contributed by atoms with Gasteiger partial charge >= 0.3 is 0 Å². The maximum atomic E-state index is 2.37. The Bertz CT molecular complexity index is 3010. The van der Waals surface area contributed by atoms with Crippen LogP contribution >= 0.6 is 0 Å². The molecule has 0 amide bonds. The summed E-state index contributed by atoms with van der Waals surface area (Å²) < 4.78 is 0. The SMILES string of the molecule is Cc1ccccc1C(=Cc1ccc(C=Cc2ccccc2-c2cc(C)c(-c3ccccc3/C=C\c3ccc(C=C(c4ccccc4)c4ccccc4C)cc3)cc2C)cc1)c1ccccc1. The summed E-state index contributed by atoms with van der Waals surface area (Å²) in [5.74, 6) is 0. The van der Waals surface area contributed by atoms with Crippen molar-refractivity contribution in [3.05, 3.63) is 296 Å². The van der Waals surface area contributed by atoms with Crippen LogP contribution in [0.1, 0.15) is 77.9 Å². The van der Waals surface area contributed by atoms with Crippen LogP contribution in [-0.4, -0.2) is 0 Å². The summed E-state index contributed by atoms with van der Waals surface area (Å²) in [6, 6.07) is 78.5. The van der Waals surface area contributed by atoms with Gasteiger partial charge in [-0.2, -0.15) is 0 Å². The minimum atomic E-state index is 1.16. The summed E-state index contributed by atoms with van der Waals surface area (Å²) in [6.45, 7) is 8.84. The van der Waals surface area contributed by atoms with Crippen molar-refractivity contribution in [3.8, 4) is 22.3 Å². The van der Waals surface area contributed by atoms with Crippen molar-refractivity contribution in [2.75, 3.05) is 0 Å². The second-order valence-electron chi connectivity index (χ2n) is 17.1. The second-order valence-corrected chi connectivity index (χ2v) is 17.1. The third kappa shape index (κ3) is 10.0. The highest BCUT2D eigenvalue weighted by molar-refractivity contribution is 5.94. The average molecular weight is 847 g/mol. The number of hydrogen-bond donors (Lipinski definition) is 0. The van der Waals surface area contributed by atoms with E-state index in [9.17, 15) is 0 Å². The summed E-state index contributed by atoms with van der Waals surface area (Å²) in [4.78, 5) is 0. The molecule has 66 heavy (non-hydrogen) atoms. The summed E-state index contributed by atoms with van der Waals surface area (Å²) in [6.07, 6.45) is 13.6. The maximum absolute atomic E-state index is 2.37. The molecule has 0 atom stereocenters. The first-order valence-electron chi connectivity index (χ1n) is 22.9. The molecule has 9 aromatic carbocycles. The zero-order valence-corrected chi connectivity index (χ0v) is 38.2. The molecule has 0 unspecified atom stereocenters. The molecule has 0 aliphatic heterocycles. The van der Waals surface area contributed by atoms with Gasteiger partial charge in [-0.3, -0.25) is 0 Å². The Morgan fingerprint density at radius 3 is 1.00 bits per heavy atom. The van der Waals surface area contributed by atoms with Crippen LogP contribution in [0.25, 0.3) is 69.9 Å². The summed E-state index contributed by atoms with van der Waals surface area (Å²) in [5, 5.41) is 0. The molecule has 0 radical (unpaired) electrons. The normalized spacial score (nSPS) is 12.0. The molecule has 0 aliphatic carbocycles. The standard InChI is InChI=1S/C66H54/c1-47-19-11-15-27-59(47)65(55-21-7-5-8-22-55)45-53-35-31-51(32-36-53)39-41-57-25-13-17-29-61(57)63-43-50(4)64(44-49(63)3)62-30-18-14-26-58(62)42-40-52-33-37-54(38-34-52)46-66(56-23-9-6-10-24-56)60-28-16-12-20-48(60)2/h5-46H,1-4H3/b41-39-,42-40?,65-45?,66-46?. The van der Waals surface area contributed by atoms with Crippen molar-refractivity contribution < 1.29 is 0 Å². The van der Waals surface area contributed by atoms with E-state index < -0.39 is 0 Å². The van der Waals surface area contributed by atoms with Gasteiger partial charge in [-0.1, -0.05) is 243 Å². The van der Waals surface area contributed by atoms with E-state index in [1.807, 2.05) is 0 Å². The quantitative estimate of drug-likeness (QED) is 0.107. The van der Waals surface area contributed by atoms with Gasteiger partial charge in [0.15, 0.2) is 0 Å². The largest absolute Gasteiger partial charge is 0.0622 e. The predicted octanol–water partition coefficient (Wildman–Crippen LogP) is 17.8. The fraction of sp³-hybridized carbons (Fsp3) is 0.0606. The minimum absolute atomic E-state index is 1.16. The van der Waals surface area contributed by atoms with Crippen LogP contribution in [0.5, 0.6) is 0 Å². The van der Waals surface area contributed by atoms with E-state index in [0.717, 1.165) is 11.1 Å². The van der Waals surface area contributed by atoms with Gasteiger partial charge in [0.25, 0.3) is 0 Å². The van der Waals surface area contributed by atoms with Crippen LogP contribution in [0.4, 0.5) is 0 Å². The highest BCUT2D eigenvalue weighted by atomic mass is 14.2. The number of aryl methyl sites for hydroxylation is 4. The van der Waals surface area contributed by atoms with Crippen molar-refractivity contribution in [2.24, 2.45) is 0 Å². The van der Waals surface area contributed by atoms with Gasteiger partial charge in [-0.25, -0.2) is 0 Å². The van der Waals surface area contributed by atoms with Gasteiger partial charge in [0.05, 0.1) is 0 Å². The third-order valence-electron chi connectivity index (χ3n) is 12.5. The van der Waals surface area contributed by atoms with Crippen LogP contribution in [0.2, 0.25) is 0 Å². The predicted molar refractivity (Wildman–Crippen MR) is 287 cm³/mol. The second kappa shape index (κ2) is 20.2. The monoisotopic (exact) mass is 846 g/mol. The molecular weight excluding hydrogens is 793 g/mol. The zero-order chi connectivity index (χ0) is 45.2. The van der Waals surface area contributed by atoms with Crippen molar-refractivity contribution in [2.45, 2.75) is 27.7 Å². The smallest absolute Gasteiger partial charge is 0.0103 e. The molecule has 0 saturated heterocycles. The molecule has 0 N–H and O–H groups in total. The molecule has 9 rings (SSSR count). The highest BCUT2D eigenvalue weighted by Crippen LogP contribution is 2.36. The molecule has 318 valence electrons. The van der Waals surface area contributed by atoms with Gasteiger partial charge in [-0.05, 0) is 151 Å². The molecule has 0 saturated carbocycles. The van der Waals surface area contributed by atoms with Crippen molar-refractivity contribution in [3.63, 3.8) is 0 Å². The Balaban J connectivity index is 0.943. The Labute approximate surface area is 392 Å². The van der Waals surface area contributed by atoms with Crippen molar-refractivity contribution in [1.29, 1.82) is 0 Å². The lowest BCUT2D eigenvalue weighted by Crippen LogP contribution is -1.93. The first kappa shape index (κ1) is 43.2. The molecule has 0 aliphatic rings. The lowest BCUT2D eigenvalue weighted by Gasteiger charge is -2.16. The van der Waals surface area contributed by atoms with Gasteiger partial charge in [-0.15, -0.1) is 0 Å². The number of benzene rings is 9. The molecule has 0 fully saturated rings. The van der Waals surface area contributed by atoms with E-state index in [1.165, 1.54) is 100 Å². The maximum Gasteiger partial charge on any atom is -0.0103 e. The van der Waals surface area contributed by atoms with E-state index in [-0.39, 0.29) is 0 Å². The van der Waals surface area contributed by atoms with E-state index in [4.69, 9.17) is 0 Å². The lowest BCUT2D eigenvalue weighted by atomic mass is 9.88. The topological polar surface area (TPSA) is 0 Å².